The highest BCUT2D eigenvalue weighted by molar-refractivity contribution is 7.92. The molecule has 8 nitrogen and oxygen atoms in total. The molecule has 0 aliphatic carbocycles. The van der Waals surface area contributed by atoms with Crippen LogP contribution in [0.25, 0.3) is 0 Å². The number of carbonyl (C=O) groups excluding carboxylic acids is 2. The van der Waals surface area contributed by atoms with Gasteiger partial charge in [0.25, 0.3) is 0 Å². The number of amides is 2. The van der Waals surface area contributed by atoms with E-state index >= 15 is 0 Å². The van der Waals surface area contributed by atoms with Crippen LogP contribution in [-0.4, -0.2) is 58.1 Å². The van der Waals surface area contributed by atoms with Crippen molar-refractivity contribution in [3.8, 4) is 5.75 Å². The standard InChI is InChI=1S/C24H33N3O5S/c1-18-9-6-11-21(15-18)27(33(5,30)31)14-8-13-23(28)26(19(2)24(29)25-3)17-20-10-7-12-22(16-20)32-4/h6-7,9-12,15-16,19H,8,13-14,17H2,1-5H3,(H,25,29). The number of methoxy groups -OCH3 is 1. The van der Waals surface area contributed by atoms with E-state index in [-0.39, 0.29) is 31.3 Å². The van der Waals surface area contributed by atoms with Crippen LogP contribution in [0, 0.1) is 6.92 Å². The molecule has 0 spiro atoms. The van der Waals surface area contributed by atoms with Gasteiger partial charge in [0.2, 0.25) is 21.8 Å². The number of benzene rings is 2. The number of hydrogen-bond donors (Lipinski definition) is 1. The molecule has 0 aromatic heterocycles. The topological polar surface area (TPSA) is 96.0 Å². The molecule has 0 bridgehead atoms. The number of anilines is 1. The molecule has 33 heavy (non-hydrogen) atoms. The molecule has 1 unspecified atom stereocenters. The van der Waals surface area contributed by atoms with Gasteiger partial charge in [0.05, 0.1) is 19.1 Å². The lowest BCUT2D eigenvalue weighted by Gasteiger charge is -2.29. The Kier molecular flexibility index (Phi) is 9.28. The van der Waals surface area contributed by atoms with Crippen molar-refractivity contribution in [3.63, 3.8) is 0 Å². The number of nitrogens with zero attached hydrogens (tertiary/aromatic N) is 2. The van der Waals surface area contributed by atoms with Gasteiger partial charge in [-0.15, -0.1) is 0 Å². The van der Waals surface area contributed by atoms with Crippen molar-refractivity contribution in [2.75, 3.05) is 31.3 Å². The van der Waals surface area contributed by atoms with Crippen LogP contribution in [0.3, 0.4) is 0 Å². The monoisotopic (exact) mass is 475 g/mol. The van der Waals surface area contributed by atoms with E-state index < -0.39 is 16.1 Å². The summed E-state index contributed by atoms with van der Waals surface area (Å²) in [4.78, 5) is 26.9. The fourth-order valence-corrected chi connectivity index (χ4v) is 4.50. The smallest absolute Gasteiger partial charge is 0.242 e. The molecule has 2 aromatic rings. The molecule has 0 heterocycles. The van der Waals surface area contributed by atoms with Gasteiger partial charge in [-0.25, -0.2) is 8.42 Å². The van der Waals surface area contributed by atoms with Gasteiger partial charge < -0.3 is 15.0 Å². The number of nitrogens with one attached hydrogen (secondary N) is 1. The summed E-state index contributed by atoms with van der Waals surface area (Å²) in [5, 5.41) is 2.58. The molecule has 0 saturated carbocycles. The van der Waals surface area contributed by atoms with Crippen molar-refractivity contribution in [2.24, 2.45) is 0 Å². The van der Waals surface area contributed by atoms with Crippen molar-refractivity contribution in [3.05, 3.63) is 59.7 Å². The molecule has 0 saturated heterocycles. The minimum absolute atomic E-state index is 0.100. The van der Waals surface area contributed by atoms with E-state index in [0.717, 1.165) is 17.4 Å². The summed E-state index contributed by atoms with van der Waals surface area (Å²) in [6, 6.07) is 13.9. The molecule has 0 aliphatic heterocycles. The third-order valence-corrected chi connectivity index (χ3v) is 6.54. The molecule has 0 radical (unpaired) electrons. The van der Waals surface area contributed by atoms with Gasteiger partial charge in [-0.2, -0.15) is 0 Å². The van der Waals surface area contributed by atoms with Gasteiger partial charge in [0.1, 0.15) is 11.8 Å². The van der Waals surface area contributed by atoms with E-state index in [1.54, 1.807) is 32.2 Å². The van der Waals surface area contributed by atoms with Crippen LogP contribution in [0.1, 0.15) is 30.9 Å². The Morgan fingerprint density at radius 2 is 1.82 bits per heavy atom. The van der Waals surface area contributed by atoms with E-state index in [9.17, 15) is 18.0 Å². The number of ether oxygens (including phenoxy) is 1. The summed E-state index contributed by atoms with van der Waals surface area (Å²) in [7, 11) is -0.419. The lowest BCUT2D eigenvalue weighted by Crippen LogP contribution is -2.46. The normalized spacial score (nSPS) is 12.0. The predicted molar refractivity (Wildman–Crippen MR) is 130 cm³/mol. The summed E-state index contributed by atoms with van der Waals surface area (Å²) in [6.07, 6.45) is 1.57. The summed E-state index contributed by atoms with van der Waals surface area (Å²) in [6.45, 7) is 3.96. The number of rotatable bonds is 11. The zero-order chi connectivity index (χ0) is 24.6. The molecular formula is C24H33N3O5S. The van der Waals surface area contributed by atoms with Crippen LogP contribution in [0.2, 0.25) is 0 Å². The molecule has 1 atom stereocenters. The molecule has 2 rings (SSSR count). The van der Waals surface area contributed by atoms with Gasteiger partial charge in [0.15, 0.2) is 0 Å². The molecule has 1 N–H and O–H groups in total. The second-order valence-electron chi connectivity index (χ2n) is 7.94. The number of carbonyl (C=O) groups is 2. The SMILES string of the molecule is CNC(=O)C(C)N(Cc1cccc(OC)c1)C(=O)CCCN(c1cccc(C)c1)S(C)(=O)=O. The largest absolute Gasteiger partial charge is 0.497 e. The second-order valence-corrected chi connectivity index (χ2v) is 9.85. The maximum absolute atomic E-state index is 13.1. The predicted octanol–water partition coefficient (Wildman–Crippen LogP) is 2.71. The maximum Gasteiger partial charge on any atom is 0.242 e. The van der Waals surface area contributed by atoms with E-state index in [4.69, 9.17) is 4.74 Å². The van der Waals surface area contributed by atoms with Gasteiger partial charge in [-0.05, 0) is 55.7 Å². The zero-order valence-electron chi connectivity index (χ0n) is 19.9. The fraction of sp³-hybridized carbons (Fsp3) is 0.417. The number of sulfonamides is 1. The molecule has 0 fully saturated rings. The first-order valence-electron chi connectivity index (χ1n) is 10.7. The highest BCUT2D eigenvalue weighted by Crippen LogP contribution is 2.21. The van der Waals surface area contributed by atoms with Gasteiger partial charge >= 0.3 is 0 Å². The molecule has 0 aliphatic rings. The van der Waals surface area contributed by atoms with Gasteiger partial charge in [0, 0.05) is 26.6 Å². The van der Waals surface area contributed by atoms with Crippen LogP contribution >= 0.6 is 0 Å². The van der Waals surface area contributed by atoms with Crippen molar-refractivity contribution < 1.29 is 22.7 Å². The quantitative estimate of drug-likeness (QED) is 0.539. The first-order chi connectivity index (χ1) is 15.6. The summed E-state index contributed by atoms with van der Waals surface area (Å²) < 4.78 is 31.3. The minimum atomic E-state index is -3.51. The third-order valence-electron chi connectivity index (χ3n) is 5.34. The Bertz CT molecular complexity index is 1070. The summed E-state index contributed by atoms with van der Waals surface area (Å²) in [5.41, 5.74) is 2.34. The first-order valence-corrected chi connectivity index (χ1v) is 12.6. The fourth-order valence-electron chi connectivity index (χ4n) is 3.55. The molecule has 180 valence electrons. The zero-order valence-corrected chi connectivity index (χ0v) is 20.7. The van der Waals surface area contributed by atoms with E-state index in [0.29, 0.717) is 17.9 Å². The lowest BCUT2D eigenvalue weighted by molar-refractivity contribution is -0.140. The lowest BCUT2D eigenvalue weighted by atomic mass is 10.1. The molecule has 9 heteroatoms. The van der Waals surface area contributed by atoms with E-state index in [1.165, 1.54) is 16.3 Å². The first kappa shape index (κ1) is 26.2. The second kappa shape index (κ2) is 11.7. The number of hydrogen-bond acceptors (Lipinski definition) is 5. The van der Waals surface area contributed by atoms with E-state index in [1.807, 2.05) is 37.3 Å². The van der Waals surface area contributed by atoms with Crippen LogP contribution in [-0.2, 0) is 26.2 Å². The Morgan fingerprint density at radius 3 is 2.42 bits per heavy atom. The Balaban J connectivity index is 2.16. The minimum Gasteiger partial charge on any atom is -0.497 e. The summed E-state index contributed by atoms with van der Waals surface area (Å²) >= 11 is 0. The molecular weight excluding hydrogens is 442 g/mol. The van der Waals surface area contributed by atoms with E-state index in [2.05, 4.69) is 5.32 Å². The average Bonchev–Trinajstić information content (AvgIpc) is 2.78. The van der Waals surface area contributed by atoms with Gasteiger partial charge in [-0.3, -0.25) is 13.9 Å². The summed E-state index contributed by atoms with van der Waals surface area (Å²) in [5.74, 6) is 0.157. The highest BCUT2D eigenvalue weighted by atomic mass is 32.2. The van der Waals surface area contributed by atoms with Gasteiger partial charge in [-0.1, -0.05) is 24.3 Å². The Labute approximate surface area is 196 Å². The Morgan fingerprint density at radius 1 is 1.12 bits per heavy atom. The van der Waals surface area contributed by atoms with Crippen molar-refractivity contribution in [2.45, 2.75) is 39.3 Å². The number of likely N-dealkylation sites (N-methyl/N-ethyl adjacent to an activating group) is 1. The van der Waals surface area contributed by atoms with Crippen molar-refractivity contribution in [1.29, 1.82) is 0 Å². The number of aryl methyl sites for hydroxylation is 1. The van der Waals surface area contributed by atoms with Crippen LogP contribution in [0.4, 0.5) is 5.69 Å². The molecule has 2 amide bonds. The van der Waals surface area contributed by atoms with Crippen molar-refractivity contribution >= 4 is 27.5 Å². The molecule has 2 aromatic carbocycles. The van der Waals surface area contributed by atoms with Crippen LogP contribution in [0.5, 0.6) is 5.75 Å². The van der Waals surface area contributed by atoms with Crippen LogP contribution in [0.15, 0.2) is 48.5 Å². The Hall–Kier alpha value is -3.07. The van der Waals surface area contributed by atoms with Crippen molar-refractivity contribution in [1.82, 2.24) is 10.2 Å². The average molecular weight is 476 g/mol. The highest BCUT2D eigenvalue weighted by Gasteiger charge is 2.26. The third kappa shape index (κ3) is 7.49. The maximum atomic E-state index is 13.1. The van der Waals surface area contributed by atoms with Crippen LogP contribution < -0.4 is 14.4 Å².